The van der Waals surface area contributed by atoms with Gasteiger partial charge in [-0.05, 0) is 19.3 Å². The molecule has 1 atom stereocenters. The van der Waals surface area contributed by atoms with Crippen LogP contribution in [-0.2, 0) is 0 Å². The van der Waals surface area contributed by atoms with Crippen molar-refractivity contribution in [3.8, 4) is 12.3 Å². The fraction of sp³-hybridized carbons (Fsp3) is 0.556. The Labute approximate surface area is 67.1 Å². The topological polar surface area (TPSA) is 0 Å². The molecule has 0 bridgehead atoms. The second kappa shape index (κ2) is 4.46. The van der Waals surface area contributed by atoms with E-state index in [4.69, 9.17) is 6.42 Å². The van der Waals surface area contributed by atoms with Crippen LogP contribution in [0.15, 0.2) is 12.2 Å². The van der Waals surface area contributed by atoms with Gasteiger partial charge in [0.25, 0.3) is 0 Å². The van der Waals surface area contributed by atoms with E-state index in [9.17, 15) is 0 Å². The molecule has 0 amide bonds. The molecule has 0 aliphatic heterocycles. The van der Waals surface area contributed by atoms with Gasteiger partial charge in [-0.25, -0.2) is 0 Å². The van der Waals surface area contributed by atoms with E-state index in [0.717, 1.165) is 5.75 Å². The van der Waals surface area contributed by atoms with Gasteiger partial charge in [0.2, 0.25) is 0 Å². The molecule has 0 spiro atoms. The summed E-state index contributed by atoms with van der Waals surface area (Å²) >= 11 is 1.87. The van der Waals surface area contributed by atoms with Gasteiger partial charge in [0, 0.05) is 5.25 Å². The van der Waals surface area contributed by atoms with E-state index in [2.05, 4.69) is 18.1 Å². The molecule has 1 aliphatic carbocycles. The molecule has 0 fully saturated rings. The van der Waals surface area contributed by atoms with Crippen LogP contribution in [-0.4, -0.2) is 11.0 Å². The average molecular weight is 152 g/mol. The molecule has 0 N–H and O–H groups in total. The molecule has 10 heavy (non-hydrogen) atoms. The molecule has 1 rings (SSSR count). The number of thioether (sulfide) groups is 1. The van der Waals surface area contributed by atoms with Gasteiger partial charge in [0.15, 0.2) is 0 Å². The second-order valence-corrected chi connectivity index (χ2v) is 3.64. The van der Waals surface area contributed by atoms with Gasteiger partial charge in [-0.1, -0.05) is 18.1 Å². The summed E-state index contributed by atoms with van der Waals surface area (Å²) in [6, 6.07) is 0. The maximum absolute atomic E-state index is 5.15. The van der Waals surface area contributed by atoms with Crippen LogP contribution in [0.25, 0.3) is 0 Å². The van der Waals surface area contributed by atoms with Gasteiger partial charge in [-0.3, -0.25) is 0 Å². The van der Waals surface area contributed by atoms with E-state index >= 15 is 0 Å². The zero-order chi connectivity index (χ0) is 7.23. The molecule has 0 saturated carbocycles. The molecule has 0 saturated heterocycles. The Bertz CT molecular complexity index is 153. The van der Waals surface area contributed by atoms with E-state index in [1.807, 2.05) is 11.8 Å². The number of hydrogen-bond acceptors (Lipinski definition) is 1. The number of hydrogen-bond donors (Lipinski definition) is 0. The maximum atomic E-state index is 5.15. The van der Waals surface area contributed by atoms with Crippen molar-refractivity contribution in [2.24, 2.45) is 0 Å². The Morgan fingerprint density at radius 3 is 3.20 bits per heavy atom. The second-order valence-electron chi connectivity index (χ2n) is 2.41. The first-order chi connectivity index (χ1) is 4.93. The van der Waals surface area contributed by atoms with Crippen LogP contribution in [0.2, 0.25) is 0 Å². The van der Waals surface area contributed by atoms with Gasteiger partial charge in [0.05, 0.1) is 5.75 Å². The first-order valence-electron chi connectivity index (χ1n) is 3.65. The predicted octanol–water partition coefficient (Wildman–Crippen LogP) is 2.46. The van der Waals surface area contributed by atoms with Crippen LogP contribution in [0.4, 0.5) is 0 Å². The van der Waals surface area contributed by atoms with Crippen molar-refractivity contribution >= 4 is 11.8 Å². The number of rotatable bonds is 2. The lowest BCUT2D eigenvalue weighted by atomic mass is 10.1. The third kappa shape index (κ3) is 2.49. The van der Waals surface area contributed by atoms with Crippen molar-refractivity contribution in [3.63, 3.8) is 0 Å². The lowest BCUT2D eigenvalue weighted by Crippen LogP contribution is -2.02. The summed E-state index contributed by atoms with van der Waals surface area (Å²) in [4.78, 5) is 0. The molecule has 1 aliphatic rings. The third-order valence-corrected chi connectivity index (χ3v) is 2.75. The van der Waals surface area contributed by atoms with Crippen LogP contribution in [0.3, 0.4) is 0 Å². The van der Waals surface area contributed by atoms with Crippen LogP contribution in [0, 0.1) is 12.3 Å². The van der Waals surface area contributed by atoms with Crippen LogP contribution < -0.4 is 0 Å². The molecule has 0 radical (unpaired) electrons. The minimum atomic E-state index is 0.699. The fourth-order valence-corrected chi connectivity index (χ4v) is 1.94. The van der Waals surface area contributed by atoms with E-state index in [1.165, 1.54) is 19.3 Å². The van der Waals surface area contributed by atoms with Crippen molar-refractivity contribution in [1.82, 2.24) is 0 Å². The molecule has 0 aromatic carbocycles. The Hall–Kier alpha value is -0.350. The van der Waals surface area contributed by atoms with Gasteiger partial charge in [0.1, 0.15) is 0 Å². The molecule has 0 aromatic heterocycles. The highest BCUT2D eigenvalue weighted by molar-refractivity contribution is 8.00. The van der Waals surface area contributed by atoms with Crippen LogP contribution in [0.5, 0.6) is 0 Å². The van der Waals surface area contributed by atoms with Crippen molar-refractivity contribution in [2.75, 3.05) is 5.75 Å². The van der Waals surface area contributed by atoms with E-state index in [1.54, 1.807) is 0 Å². The first kappa shape index (κ1) is 7.75. The molecule has 0 aromatic rings. The van der Waals surface area contributed by atoms with Crippen molar-refractivity contribution in [3.05, 3.63) is 12.2 Å². The Morgan fingerprint density at radius 2 is 2.60 bits per heavy atom. The summed E-state index contributed by atoms with van der Waals surface area (Å²) < 4.78 is 0. The first-order valence-corrected chi connectivity index (χ1v) is 4.70. The SMILES string of the molecule is C#CCSC1C=CCCC1. The largest absolute Gasteiger partial charge is 0.141 e. The summed E-state index contributed by atoms with van der Waals surface area (Å²) in [7, 11) is 0. The molecule has 0 heterocycles. The van der Waals surface area contributed by atoms with E-state index in [-0.39, 0.29) is 0 Å². The number of terminal acetylenes is 1. The Balaban J connectivity index is 2.21. The smallest absolute Gasteiger partial charge is 0.0550 e. The fourth-order valence-electron chi connectivity index (χ4n) is 1.08. The average Bonchev–Trinajstić information content (AvgIpc) is 2.03. The summed E-state index contributed by atoms with van der Waals surface area (Å²) in [6.07, 6.45) is 13.6. The summed E-state index contributed by atoms with van der Waals surface area (Å²) in [5.41, 5.74) is 0. The quantitative estimate of drug-likeness (QED) is 0.432. The number of allylic oxidation sites excluding steroid dienone is 1. The molecule has 1 unspecified atom stereocenters. The molecule has 54 valence electrons. The monoisotopic (exact) mass is 152 g/mol. The Kier molecular flexibility index (Phi) is 3.46. The van der Waals surface area contributed by atoms with Crippen molar-refractivity contribution in [1.29, 1.82) is 0 Å². The van der Waals surface area contributed by atoms with Crippen LogP contribution >= 0.6 is 11.8 Å². The van der Waals surface area contributed by atoms with E-state index < -0.39 is 0 Å². The third-order valence-electron chi connectivity index (χ3n) is 1.59. The standard InChI is InChI=1S/C9H12S/c1-2-8-10-9-6-4-3-5-7-9/h1,4,6,9H,3,5,7-8H2. The van der Waals surface area contributed by atoms with Crippen LogP contribution in [0.1, 0.15) is 19.3 Å². The Morgan fingerprint density at radius 1 is 1.70 bits per heavy atom. The highest BCUT2D eigenvalue weighted by Gasteiger charge is 2.06. The minimum Gasteiger partial charge on any atom is -0.141 e. The summed E-state index contributed by atoms with van der Waals surface area (Å²) in [5, 5.41) is 0.699. The van der Waals surface area contributed by atoms with E-state index in [0.29, 0.717) is 5.25 Å². The molecular weight excluding hydrogens is 140 g/mol. The lowest BCUT2D eigenvalue weighted by Gasteiger charge is -2.13. The maximum Gasteiger partial charge on any atom is 0.0550 e. The van der Waals surface area contributed by atoms with Crippen molar-refractivity contribution in [2.45, 2.75) is 24.5 Å². The zero-order valence-electron chi connectivity index (χ0n) is 6.05. The molecule has 1 heteroatoms. The van der Waals surface area contributed by atoms with Gasteiger partial charge >= 0.3 is 0 Å². The summed E-state index contributed by atoms with van der Waals surface area (Å²) in [6.45, 7) is 0. The normalized spacial score (nSPS) is 24.1. The highest BCUT2D eigenvalue weighted by atomic mass is 32.2. The van der Waals surface area contributed by atoms with Gasteiger partial charge < -0.3 is 0 Å². The van der Waals surface area contributed by atoms with Gasteiger partial charge in [-0.15, -0.1) is 18.2 Å². The predicted molar refractivity (Wildman–Crippen MR) is 48.1 cm³/mol. The zero-order valence-corrected chi connectivity index (χ0v) is 6.86. The lowest BCUT2D eigenvalue weighted by molar-refractivity contribution is 0.741. The minimum absolute atomic E-state index is 0.699. The van der Waals surface area contributed by atoms with Gasteiger partial charge in [-0.2, -0.15) is 0 Å². The highest BCUT2D eigenvalue weighted by Crippen LogP contribution is 2.22. The molecular formula is C9H12S. The molecule has 0 nitrogen and oxygen atoms in total. The van der Waals surface area contributed by atoms with Crippen molar-refractivity contribution < 1.29 is 0 Å². The summed E-state index contributed by atoms with van der Waals surface area (Å²) in [5.74, 6) is 3.50.